The fraction of sp³-hybridized carbons (Fsp3) is 0.909. The summed E-state index contributed by atoms with van der Waals surface area (Å²) in [6.45, 7) is 0.822. The van der Waals surface area contributed by atoms with Gasteiger partial charge in [0.25, 0.3) is 0 Å². The molecule has 0 aliphatic heterocycles. The summed E-state index contributed by atoms with van der Waals surface area (Å²) >= 11 is 0. The zero-order valence-electron chi connectivity index (χ0n) is 8.72. The molecule has 2 rings (SSSR count). The fourth-order valence-corrected chi connectivity index (χ4v) is 2.21. The van der Waals surface area contributed by atoms with Gasteiger partial charge >= 0.3 is 0 Å². The van der Waals surface area contributed by atoms with Crippen molar-refractivity contribution in [3.8, 4) is 0 Å². The molecule has 2 aliphatic rings. The highest BCUT2D eigenvalue weighted by Gasteiger charge is 2.36. The third-order valence-electron chi connectivity index (χ3n) is 3.48. The first-order valence-electron chi connectivity index (χ1n) is 5.78. The van der Waals surface area contributed by atoms with E-state index in [2.05, 4.69) is 5.32 Å². The molecule has 0 bridgehead atoms. The van der Waals surface area contributed by atoms with E-state index in [0.29, 0.717) is 0 Å². The van der Waals surface area contributed by atoms with Gasteiger partial charge in [-0.3, -0.25) is 4.79 Å². The Kier molecular flexibility index (Phi) is 2.77. The minimum atomic E-state index is -0.538. The molecule has 0 spiro atoms. The maximum absolute atomic E-state index is 11.7. The van der Waals surface area contributed by atoms with Gasteiger partial charge in [0.2, 0.25) is 5.91 Å². The van der Waals surface area contributed by atoms with Crippen molar-refractivity contribution in [2.75, 3.05) is 6.54 Å². The maximum atomic E-state index is 11.7. The number of carbonyl (C=O) groups is 1. The predicted octanol–water partition coefficient (Wildman–Crippen LogP) is 1.17. The number of rotatable bonds is 4. The lowest BCUT2D eigenvalue weighted by Gasteiger charge is -2.22. The van der Waals surface area contributed by atoms with Crippen molar-refractivity contribution in [2.45, 2.75) is 50.5 Å². The first-order chi connectivity index (χ1) is 6.71. The summed E-state index contributed by atoms with van der Waals surface area (Å²) in [5, 5.41) is 2.97. The normalized spacial score (nSPS) is 24.9. The Labute approximate surface area is 85.4 Å². The molecule has 0 radical (unpaired) electrons. The molecule has 0 atom stereocenters. The highest BCUT2D eigenvalue weighted by Crippen LogP contribution is 2.32. The van der Waals surface area contributed by atoms with Crippen LogP contribution in [0.4, 0.5) is 0 Å². The van der Waals surface area contributed by atoms with E-state index in [9.17, 15) is 4.79 Å². The van der Waals surface area contributed by atoms with E-state index in [4.69, 9.17) is 5.73 Å². The lowest BCUT2D eigenvalue weighted by molar-refractivity contribution is -0.126. The van der Waals surface area contributed by atoms with Gasteiger partial charge in [0, 0.05) is 6.54 Å². The minimum absolute atomic E-state index is 0.0793. The number of hydrogen-bond donors (Lipinski definition) is 2. The second kappa shape index (κ2) is 3.89. The predicted molar refractivity (Wildman–Crippen MR) is 55.7 cm³/mol. The zero-order valence-corrected chi connectivity index (χ0v) is 8.72. The van der Waals surface area contributed by atoms with E-state index in [1.54, 1.807) is 0 Å². The van der Waals surface area contributed by atoms with Crippen molar-refractivity contribution in [2.24, 2.45) is 11.7 Å². The monoisotopic (exact) mass is 196 g/mol. The summed E-state index contributed by atoms with van der Waals surface area (Å²) in [7, 11) is 0. The minimum Gasteiger partial charge on any atom is -0.354 e. The third kappa shape index (κ3) is 2.27. The summed E-state index contributed by atoms with van der Waals surface area (Å²) < 4.78 is 0. The molecule has 2 fully saturated rings. The van der Waals surface area contributed by atoms with Crippen molar-refractivity contribution >= 4 is 5.91 Å². The molecule has 2 aliphatic carbocycles. The smallest absolute Gasteiger partial charge is 0.240 e. The largest absolute Gasteiger partial charge is 0.354 e. The van der Waals surface area contributed by atoms with Gasteiger partial charge in [-0.15, -0.1) is 0 Å². The number of carbonyl (C=O) groups excluding carboxylic acids is 1. The van der Waals surface area contributed by atoms with E-state index in [0.717, 1.165) is 44.6 Å². The Hall–Kier alpha value is -0.570. The molecule has 0 heterocycles. The molecule has 0 aromatic rings. The number of nitrogens with one attached hydrogen (secondary N) is 1. The molecule has 1 amide bonds. The molecule has 0 saturated heterocycles. The molecular formula is C11H20N2O. The van der Waals surface area contributed by atoms with E-state index in [1.807, 2.05) is 0 Å². The van der Waals surface area contributed by atoms with Gasteiger partial charge in [-0.1, -0.05) is 25.7 Å². The summed E-state index contributed by atoms with van der Waals surface area (Å²) in [6.07, 6.45) is 7.78. The van der Waals surface area contributed by atoms with Gasteiger partial charge in [-0.05, 0) is 25.2 Å². The molecule has 3 heteroatoms. The van der Waals surface area contributed by atoms with Gasteiger partial charge in [0.05, 0.1) is 5.54 Å². The molecule has 3 nitrogen and oxygen atoms in total. The van der Waals surface area contributed by atoms with Crippen LogP contribution >= 0.6 is 0 Å². The standard InChI is InChI=1S/C11H20N2O/c12-11(6-1-2-7-11)10(14)13-8-5-9-3-4-9/h9H,1-8,12H2,(H,13,14). The Balaban J connectivity index is 1.70. The third-order valence-corrected chi connectivity index (χ3v) is 3.48. The van der Waals surface area contributed by atoms with Crippen LogP contribution in [0.25, 0.3) is 0 Å². The van der Waals surface area contributed by atoms with Crippen LogP contribution in [0, 0.1) is 5.92 Å². The van der Waals surface area contributed by atoms with Crippen molar-refractivity contribution in [1.29, 1.82) is 0 Å². The second-order valence-electron chi connectivity index (χ2n) is 4.85. The zero-order chi connectivity index (χ0) is 10.0. The van der Waals surface area contributed by atoms with Crippen LogP contribution in [-0.2, 0) is 4.79 Å². The van der Waals surface area contributed by atoms with E-state index in [1.165, 1.54) is 12.8 Å². The molecule has 14 heavy (non-hydrogen) atoms. The van der Waals surface area contributed by atoms with E-state index >= 15 is 0 Å². The quantitative estimate of drug-likeness (QED) is 0.709. The highest BCUT2D eigenvalue weighted by molar-refractivity contribution is 5.86. The lowest BCUT2D eigenvalue weighted by Crippen LogP contribution is -2.52. The first-order valence-corrected chi connectivity index (χ1v) is 5.78. The molecule has 80 valence electrons. The molecule has 2 saturated carbocycles. The van der Waals surface area contributed by atoms with Gasteiger partial charge in [0.1, 0.15) is 0 Å². The van der Waals surface area contributed by atoms with Crippen molar-refractivity contribution in [3.05, 3.63) is 0 Å². The highest BCUT2D eigenvalue weighted by atomic mass is 16.2. The molecular weight excluding hydrogens is 176 g/mol. The van der Waals surface area contributed by atoms with Crippen LogP contribution in [0.15, 0.2) is 0 Å². The number of hydrogen-bond acceptors (Lipinski definition) is 2. The maximum Gasteiger partial charge on any atom is 0.240 e. The first kappa shape index (κ1) is 9.97. The van der Waals surface area contributed by atoms with Gasteiger partial charge in [-0.2, -0.15) is 0 Å². The Morgan fingerprint density at radius 3 is 2.57 bits per heavy atom. The summed E-state index contributed by atoms with van der Waals surface area (Å²) in [5.74, 6) is 0.961. The van der Waals surface area contributed by atoms with Crippen LogP contribution in [0.2, 0.25) is 0 Å². The average molecular weight is 196 g/mol. The number of nitrogens with two attached hydrogens (primary N) is 1. The van der Waals surface area contributed by atoms with Crippen LogP contribution in [0.5, 0.6) is 0 Å². The van der Waals surface area contributed by atoms with Crippen LogP contribution in [0.3, 0.4) is 0 Å². The van der Waals surface area contributed by atoms with Crippen molar-refractivity contribution < 1.29 is 4.79 Å². The van der Waals surface area contributed by atoms with Gasteiger partial charge < -0.3 is 11.1 Å². The van der Waals surface area contributed by atoms with Crippen LogP contribution in [-0.4, -0.2) is 18.0 Å². The molecule has 0 unspecified atom stereocenters. The van der Waals surface area contributed by atoms with Gasteiger partial charge in [-0.25, -0.2) is 0 Å². The second-order valence-corrected chi connectivity index (χ2v) is 4.85. The van der Waals surface area contributed by atoms with E-state index < -0.39 is 5.54 Å². The van der Waals surface area contributed by atoms with Crippen molar-refractivity contribution in [1.82, 2.24) is 5.32 Å². The van der Waals surface area contributed by atoms with E-state index in [-0.39, 0.29) is 5.91 Å². The van der Waals surface area contributed by atoms with Crippen LogP contribution < -0.4 is 11.1 Å². The molecule has 3 N–H and O–H groups in total. The Morgan fingerprint density at radius 2 is 2.00 bits per heavy atom. The van der Waals surface area contributed by atoms with Gasteiger partial charge in [0.15, 0.2) is 0 Å². The van der Waals surface area contributed by atoms with Crippen molar-refractivity contribution in [3.63, 3.8) is 0 Å². The SMILES string of the molecule is NC1(C(=O)NCCC2CC2)CCCC1. The molecule has 0 aromatic heterocycles. The topological polar surface area (TPSA) is 55.1 Å². The summed E-state index contributed by atoms with van der Waals surface area (Å²) in [6, 6.07) is 0. The average Bonchev–Trinajstić information content (AvgIpc) is 2.88. The Morgan fingerprint density at radius 1 is 1.36 bits per heavy atom. The molecule has 0 aromatic carbocycles. The Bertz CT molecular complexity index is 217. The summed E-state index contributed by atoms with van der Waals surface area (Å²) in [5.41, 5.74) is 5.48. The lowest BCUT2D eigenvalue weighted by atomic mass is 9.98. The van der Waals surface area contributed by atoms with Crippen LogP contribution in [0.1, 0.15) is 44.9 Å². The fourth-order valence-electron chi connectivity index (χ4n) is 2.21. The number of amides is 1. The summed E-state index contributed by atoms with van der Waals surface area (Å²) in [4.78, 5) is 11.7.